The standard InChI is InChI=1S/C8H7Cl2FO2S/c9-8-3-1-2-6(7(8)4-11)5-14(10,12)13/h1-3H,4-5H2. The van der Waals surface area contributed by atoms with Crippen molar-refractivity contribution >= 4 is 31.3 Å². The summed E-state index contributed by atoms with van der Waals surface area (Å²) >= 11 is 5.68. The van der Waals surface area contributed by atoms with Crippen molar-refractivity contribution in [3.8, 4) is 0 Å². The van der Waals surface area contributed by atoms with E-state index >= 15 is 0 Å². The molecule has 0 amide bonds. The quantitative estimate of drug-likeness (QED) is 0.780. The van der Waals surface area contributed by atoms with Crippen molar-refractivity contribution in [3.05, 3.63) is 34.3 Å². The van der Waals surface area contributed by atoms with E-state index in [9.17, 15) is 12.8 Å². The molecule has 0 aliphatic rings. The van der Waals surface area contributed by atoms with Crippen LogP contribution < -0.4 is 0 Å². The average Bonchev–Trinajstić information content (AvgIpc) is 2.01. The fraction of sp³-hybridized carbons (Fsp3) is 0.250. The Labute approximate surface area is 91.1 Å². The van der Waals surface area contributed by atoms with Crippen molar-refractivity contribution in [2.24, 2.45) is 0 Å². The van der Waals surface area contributed by atoms with Crippen LogP contribution in [0.4, 0.5) is 4.39 Å². The van der Waals surface area contributed by atoms with Crippen LogP contribution in [-0.2, 0) is 21.5 Å². The van der Waals surface area contributed by atoms with Crippen LogP contribution in [0.5, 0.6) is 0 Å². The minimum absolute atomic E-state index is 0.179. The van der Waals surface area contributed by atoms with Crippen molar-refractivity contribution in [2.75, 3.05) is 0 Å². The summed E-state index contributed by atoms with van der Waals surface area (Å²) in [4.78, 5) is 0. The predicted octanol–water partition coefficient (Wildman–Crippen LogP) is 2.88. The molecule has 0 bridgehead atoms. The number of halogens is 3. The van der Waals surface area contributed by atoms with E-state index in [1.807, 2.05) is 0 Å². The smallest absolute Gasteiger partial charge is 0.236 e. The highest BCUT2D eigenvalue weighted by atomic mass is 35.7. The monoisotopic (exact) mass is 256 g/mol. The Hall–Kier alpha value is -0.320. The minimum Gasteiger partial charge on any atom is -0.246 e. The Morgan fingerprint density at radius 3 is 2.50 bits per heavy atom. The third-order valence-electron chi connectivity index (χ3n) is 1.68. The van der Waals surface area contributed by atoms with Crippen molar-refractivity contribution in [2.45, 2.75) is 12.4 Å². The molecule has 0 saturated carbocycles. The number of alkyl halides is 1. The van der Waals surface area contributed by atoms with Gasteiger partial charge in [-0.25, -0.2) is 12.8 Å². The van der Waals surface area contributed by atoms with Crippen LogP contribution in [0.3, 0.4) is 0 Å². The lowest BCUT2D eigenvalue weighted by atomic mass is 10.1. The molecule has 0 spiro atoms. The zero-order chi connectivity index (χ0) is 10.8. The Morgan fingerprint density at radius 1 is 1.36 bits per heavy atom. The minimum atomic E-state index is -3.68. The molecule has 1 aromatic carbocycles. The Kier molecular flexibility index (Phi) is 3.75. The summed E-state index contributed by atoms with van der Waals surface area (Å²) in [5, 5.41) is 0.213. The predicted molar refractivity (Wildman–Crippen MR) is 54.7 cm³/mol. The maximum atomic E-state index is 12.5. The number of rotatable bonds is 3. The Morgan fingerprint density at radius 2 is 2.00 bits per heavy atom. The molecule has 0 radical (unpaired) electrons. The fourth-order valence-electron chi connectivity index (χ4n) is 1.07. The first-order chi connectivity index (χ1) is 6.44. The van der Waals surface area contributed by atoms with Crippen LogP contribution in [-0.4, -0.2) is 8.42 Å². The summed E-state index contributed by atoms with van der Waals surface area (Å²) in [5.41, 5.74) is 0.480. The van der Waals surface area contributed by atoms with Crippen molar-refractivity contribution < 1.29 is 12.8 Å². The third-order valence-corrected chi connectivity index (χ3v) is 3.01. The van der Waals surface area contributed by atoms with Gasteiger partial charge in [-0.15, -0.1) is 0 Å². The van der Waals surface area contributed by atoms with Gasteiger partial charge in [-0.05, 0) is 11.6 Å². The second kappa shape index (κ2) is 4.47. The Bertz CT molecular complexity index is 431. The molecule has 78 valence electrons. The van der Waals surface area contributed by atoms with Crippen molar-refractivity contribution in [3.63, 3.8) is 0 Å². The molecule has 0 N–H and O–H groups in total. The van der Waals surface area contributed by atoms with Crippen LogP contribution in [0.15, 0.2) is 18.2 Å². The highest BCUT2D eigenvalue weighted by Gasteiger charge is 2.13. The van der Waals surface area contributed by atoms with Crippen LogP contribution in [0.25, 0.3) is 0 Å². The summed E-state index contributed by atoms with van der Waals surface area (Å²) in [7, 11) is 1.38. The lowest BCUT2D eigenvalue weighted by Gasteiger charge is -2.05. The first-order valence-electron chi connectivity index (χ1n) is 3.68. The van der Waals surface area contributed by atoms with Gasteiger partial charge in [-0.1, -0.05) is 23.7 Å². The second-order valence-electron chi connectivity index (χ2n) is 2.69. The highest BCUT2D eigenvalue weighted by Crippen LogP contribution is 2.23. The van der Waals surface area contributed by atoms with E-state index in [0.717, 1.165) is 0 Å². The zero-order valence-electron chi connectivity index (χ0n) is 7.00. The molecule has 0 aliphatic heterocycles. The third kappa shape index (κ3) is 3.12. The Balaban J connectivity index is 3.15. The molecule has 0 atom stereocenters. The van der Waals surface area contributed by atoms with Crippen LogP contribution in [0.1, 0.15) is 11.1 Å². The van der Waals surface area contributed by atoms with Gasteiger partial charge in [0.05, 0.1) is 5.75 Å². The molecule has 0 heterocycles. The van der Waals surface area contributed by atoms with Gasteiger partial charge in [-0.3, -0.25) is 0 Å². The van der Waals surface area contributed by atoms with Gasteiger partial charge in [0.25, 0.3) is 0 Å². The van der Waals surface area contributed by atoms with E-state index in [1.165, 1.54) is 12.1 Å². The van der Waals surface area contributed by atoms with Gasteiger partial charge in [0.2, 0.25) is 9.05 Å². The fourth-order valence-corrected chi connectivity index (χ4v) is 2.31. The number of hydrogen-bond donors (Lipinski definition) is 0. The molecule has 1 aromatic rings. The molecule has 1 rings (SSSR count). The summed E-state index contributed by atoms with van der Waals surface area (Å²) in [6, 6.07) is 4.54. The van der Waals surface area contributed by atoms with E-state index in [0.29, 0.717) is 5.56 Å². The van der Waals surface area contributed by atoms with Gasteiger partial charge in [0, 0.05) is 21.3 Å². The number of benzene rings is 1. The van der Waals surface area contributed by atoms with Crippen LogP contribution in [0.2, 0.25) is 5.02 Å². The molecule has 0 unspecified atom stereocenters. The van der Waals surface area contributed by atoms with E-state index in [4.69, 9.17) is 22.3 Å². The molecular formula is C8H7Cl2FO2S. The van der Waals surface area contributed by atoms with Gasteiger partial charge in [0.15, 0.2) is 0 Å². The maximum Gasteiger partial charge on any atom is 0.236 e. The van der Waals surface area contributed by atoms with Crippen molar-refractivity contribution in [1.82, 2.24) is 0 Å². The largest absolute Gasteiger partial charge is 0.246 e. The number of hydrogen-bond acceptors (Lipinski definition) is 2. The van der Waals surface area contributed by atoms with E-state index in [2.05, 4.69) is 0 Å². The van der Waals surface area contributed by atoms with Gasteiger partial charge < -0.3 is 0 Å². The average molecular weight is 257 g/mol. The second-order valence-corrected chi connectivity index (χ2v) is 5.88. The molecule has 6 heteroatoms. The first kappa shape index (κ1) is 11.8. The molecule has 2 nitrogen and oxygen atoms in total. The summed E-state index contributed by atoms with van der Waals surface area (Å²) < 4.78 is 34.1. The molecule has 0 aromatic heterocycles. The first-order valence-corrected chi connectivity index (χ1v) is 6.54. The molecule has 0 fully saturated rings. The van der Waals surface area contributed by atoms with E-state index in [-0.39, 0.29) is 10.6 Å². The van der Waals surface area contributed by atoms with E-state index in [1.54, 1.807) is 6.07 Å². The maximum absolute atomic E-state index is 12.5. The summed E-state index contributed by atoms with van der Waals surface area (Å²) in [5.74, 6) is -0.408. The topological polar surface area (TPSA) is 34.1 Å². The van der Waals surface area contributed by atoms with Gasteiger partial charge in [0.1, 0.15) is 6.67 Å². The molecule has 0 aliphatic carbocycles. The van der Waals surface area contributed by atoms with Gasteiger partial charge in [-0.2, -0.15) is 0 Å². The lowest BCUT2D eigenvalue weighted by molar-refractivity contribution is 0.483. The van der Waals surface area contributed by atoms with Crippen molar-refractivity contribution in [1.29, 1.82) is 0 Å². The zero-order valence-corrected chi connectivity index (χ0v) is 9.33. The van der Waals surface area contributed by atoms with Crippen LogP contribution in [0, 0.1) is 0 Å². The molecule has 14 heavy (non-hydrogen) atoms. The van der Waals surface area contributed by atoms with Crippen LogP contribution >= 0.6 is 22.3 Å². The SMILES string of the molecule is O=S(=O)(Cl)Cc1cccc(Cl)c1CF. The molecular weight excluding hydrogens is 250 g/mol. The summed E-state index contributed by atoms with van der Waals surface area (Å²) in [6.07, 6.45) is 0. The normalized spacial score (nSPS) is 11.6. The van der Waals surface area contributed by atoms with Gasteiger partial charge >= 0.3 is 0 Å². The van der Waals surface area contributed by atoms with E-state index < -0.39 is 21.5 Å². The summed E-state index contributed by atoms with van der Waals surface area (Å²) in [6.45, 7) is -0.804. The lowest BCUT2D eigenvalue weighted by Crippen LogP contribution is -1.99. The highest BCUT2D eigenvalue weighted by molar-refractivity contribution is 8.13. The molecule has 0 saturated heterocycles.